The standard InChI is InChI=1S/C15H23FN2O/c16-13-5-7-14(8-6-13)18(10-3-9-17)12-15-4-1-2-11-19-15/h5-8,15H,1-4,9-12,17H2. The van der Waals surface area contributed by atoms with Crippen LogP contribution in [0.25, 0.3) is 0 Å². The summed E-state index contributed by atoms with van der Waals surface area (Å²) in [6, 6.07) is 6.67. The second-order valence-corrected chi connectivity index (χ2v) is 5.05. The fourth-order valence-electron chi connectivity index (χ4n) is 2.46. The maximum absolute atomic E-state index is 13.0. The molecule has 1 fully saturated rings. The Morgan fingerprint density at radius 2 is 2.05 bits per heavy atom. The van der Waals surface area contributed by atoms with Crippen molar-refractivity contribution in [3.05, 3.63) is 30.1 Å². The van der Waals surface area contributed by atoms with Crippen molar-refractivity contribution in [1.29, 1.82) is 0 Å². The lowest BCUT2D eigenvalue weighted by Crippen LogP contribution is -2.37. The van der Waals surface area contributed by atoms with E-state index in [0.29, 0.717) is 6.54 Å². The van der Waals surface area contributed by atoms with Crippen molar-refractivity contribution in [3.8, 4) is 0 Å². The fraction of sp³-hybridized carbons (Fsp3) is 0.600. The third kappa shape index (κ3) is 4.48. The van der Waals surface area contributed by atoms with Crippen LogP contribution < -0.4 is 10.6 Å². The highest BCUT2D eigenvalue weighted by molar-refractivity contribution is 5.46. The number of hydrogen-bond donors (Lipinski definition) is 1. The van der Waals surface area contributed by atoms with Gasteiger partial charge in [-0.3, -0.25) is 0 Å². The Hall–Kier alpha value is -1.13. The van der Waals surface area contributed by atoms with E-state index in [2.05, 4.69) is 4.90 Å². The fourth-order valence-corrected chi connectivity index (χ4v) is 2.46. The van der Waals surface area contributed by atoms with E-state index >= 15 is 0 Å². The van der Waals surface area contributed by atoms with Crippen LogP contribution in [0.1, 0.15) is 25.7 Å². The Bertz CT molecular complexity index is 363. The molecule has 0 radical (unpaired) electrons. The molecular weight excluding hydrogens is 243 g/mol. The lowest BCUT2D eigenvalue weighted by atomic mass is 10.1. The second kappa shape index (κ2) is 7.46. The summed E-state index contributed by atoms with van der Waals surface area (Å²) in [4.78, 5) is 2.25. The number of hydrogen-bond acceptors (Lipinski definition) is 3. The van der Waals surface area contributed by atoms with Crippen molar-refractivity contribution >= 4 is 5.69 Å². The summed E-state index contributed by atoms with van der Waals surface area (Å²) in [5.41, 5.74) is 6.64. The van der Waals surface area contributed by atoms with Crippen LogP contribution >= 0.6 is 0 Å². The van der Waals surface area contributed by atoms with Gasteiger partial charge in [-0.1, -0.05) is 0 Å². The van der Waals surface area contributed by atoms with Crippen LogP contribution in [-0.4, -0.2) is 32.3 Å². The lowest BCUT2D eigenvalue weighted by Gasteiger charge is -2.31. The molecule has 0 bridgehead atoms. The molecule has 0 aliphatic carbocycles. The maximum Gasteiger partial charge on any atom is 0.123 e. The molecule has 1 aliphatic rings. The average Bonchev–Trinajstić information content (AvgIpc) is 2.45. The number of nitrogens with two attached hydrogens (primary N) is 1. The third-order valence-corrected chi connectivity index (χ3v) is 3.52. The van der Waals surface area contributed by atoms with Gasteiger partial charge >= 0.3 is 0 Å². The Labute approximate surface area is 114 Å². The summed E-state index contributed by atoms with van der Waals surface area (Å²) in [6.45, 7) is 3.29. The van der Waals surface area contributed by atoms with Gasteiger partial charge in [-0.25, -0.2) is 4.39 Å². The summed E-state index contributed by atoms with van der Waals surface area (Å²) in [6.07, 6.45) is 4.73. The quantitative estimate of drug-likeness (QED) is 0.860. The second-order valence-electron chi connectivity index (χ2n) is 5.05. The zero-order valence-electron chi connectivity index (χ0n) is 11.4. The van der Waals surface area contributed by atoms with E-state index in [9.17, 15) is 4.39 Å². The highest BCUT2D eigenvalue weighted by Crippen LogP contribution is 2.19. The molecule has 1 atom stereocenters. The number of halogens is 1. The molecule has 106 valence electrons. The van der Waals surface area contributed by atoms with Crippen LogP contribution in [0.15, 0.2) is 24.3 Å². The van der Waals surface area contributed by atoms with E-state index in [1.54, 1.807) is 0 Å². The number of rotatable bonds is 6. The van der Waals surface area contributed by atoms with Crippen molar-refractivity contribution in [2.45, 2.75) is 31.8 Å². The first-order valence-electron chi connectivity index (χ1n) is 7.12. The summed E-state index contributed by atoms with van der Waals surface area (Å²) >= 11 is 0. The van der Waals surface area contributed by atoms with E-state index in [4.69, 9.17) is 10.5 Å². The zero-order valence-corrected chi connectivity index (χ0v) is 11.4. The zero-order chi connectivity index (χ0) is 13.5. The van der Waals surface area contributed by atoms with Crippen LogP contribution in [0.3, 0.4) is 0 Å². The molecule has 1 saturated heterocycles. The molecule has 0 saturated carbocycles. The first-order valence-corrected chi connectivity index (χ1v) is 7.12. The molecule has 2 rings (SSSR count). The van der Waals surface area contributed by atoms with Crippen LogP contribution in [0.2, 0.25) is 0 Å². The molecule has 0 spiro atoms. The summed E-state index contributed by atoms with van der Waals surface area (Å²) in [5.74, 6) is -0.198. The van der Waals surface area contributed by atoms with Crippen molar-refractivity contribution in [3.63, 3.8) is 0 Å². The van der Waals surface area contributed by atoms with E-state index in [-0.39, 0.29) is 11.9 Å². The van der Waals surface area contributed by atoms with Gasteiger partial charge in [0.05, 0.1) is 6.10 Å². The topological polar surface area (TPSA) is 38.5 Å². The van der Waals surface area contributed by atoms with E-state index < -0.39 is 0 Å². The first-order chi connectivity index (χ1) is 9.29. The molecule has 3 nitrogen and oxygen atoms in total. The van der Waals surface area contributed by atoms with Crippen molar-refractivity contribution < 1.29 is 9.13 Å². The molecule has 0 amide bonds. The third-order valence-electron chi connectivity index (χ3n) is 3.52. The predicted molar refractivity (Wildman–Crippen MR) is 75.9 cm³/mol. The van der Waals surface area contributed by atoms with Gasteiger partial charge in [-0.05, 0) is 56.5 Å². The highest BCUT2D eigenvalue weighted by atomic mass is 19.1. The molecule has 2 N–H and O–H groups in total. The first kappa shape index (κ1) is 14.3. The van der Waals surface area contributed by atoms with E-state index in [1.807, 2.05) is 12.1 Å². The lowest BCUT2D eigenvalue weighted by molar-refractivity contribution is 0.0210. The van der Waals surface area contributed by atoms with Gasteiger partial charge in [0.15, 0.2) is 0 Å². The van der Waals surface area contributed by atoms with Crippen molar-refractivity contribution in [2.75, 3.05) is 31.1 Å². The molecule has 1 aromatic rings. The summed E-state index contributed by atoms with van der Waals surface area (Å²) in [7, 11) is 0. The maximum atomic E-state index is 13.0. The Balaban J connectivity index is 1.99. The summed E-state index contributed by atoms with van der Waals surface area (Å²) in [5, 5.41) is 0. The van der Waals surface area contributed by atoms with Crippen LogP contribution in [0.5, 0.6) is 0 Å². The van der Waals surface area contributed by atoms with Gasteiger partial charge in [-0.15, -0.1) is 0 Å². The normalized spacial score (nSPS) is 19.4. The van der Waals surface area contributed by atoms with Crippen molar-refractivity contribution in [1.82, 2.24) is 0 Å². The number of nitrogens with zero attached hydrogens (tertiary/aromatic N) is 1. The van der Waals surface area contributed by atoms with Gasteiger partial charge in [0, 0.05) is 25.4 Å². The molecule has 1 aliphatic heterocycles. The Morgan fingerprint density at radius 1 is 1.26 bits per heavy atom. The van der Waals surface area contributed by atoms with E-state index in [1.165, 1.54) is 18.6 Å². The average molecular weight is 266 g/mol. The van der Waals surface area contributed by atoms with Crippen LogP contribution in [-0.2, 0) is 4.74 Å². The number of anilines is 1. The molecular formula is C15H23FN2O. The predicted octanol–water partition coefficient (Wildman–Crippen LogP) is 2.55. The van der Waals surface area contributed by atoms with Crippen LogP contribution in [0, 0.1) is 5.82 Å². The highest BCUT2D eigenvalue weighted by Gasteiger charge is 2.18. The molecule has 1 unspecified atom stereocenters. The van der Waals surface area contributed by atoms with E-state index in [0.717, 1.165) is 44.6 Å². The Kier molecular flexibility index (Phi) is 5.61. The minimum Gasteiger partial charge on any atom is -0.376 e. The number of ether oxygens (including phenoxy) is 1. The molecule has 19 heavy (non-hydrogen) atoms. The largest absolute Gasteiger partial charge is 0.376 e. The molecule has 1 heterocycles. The van der Waals surface area contributed by atoms with Gasteiger partial charge in [0.25, 0.3) is 0 Å². The minimum atomic E-state index is -0.198. The molecule has 1 aromatic carbocycles. The number of benzene rings is 1. The van der Waals surface area contributed by atoms with Gasteiger partial charge in [0.1, 0.15) is 5.82 Å². The Morgan fingerprint density at radius 3 is 2.68 bits per heavy atom. The van der Waals surface area contributed by atoms with Gasteiger partial charge in [-0.2, -0.15) is 0 Å². The van der Waals surface area contributed by atoms with Crippen molar-refractivity contribution in [2.24, 2.45) is 5.73 Å². The summed E-state index contributed by atoms with van der Waals surface area (Å²) < 4.78 is 18.8. The van der Waals surface area contributed by atoms with Crippen LogP contribution in [0.4, 0.5) is 10.1 Å². The molecule has 4 heteroatoms. The van der Waals surface area contributed by atoms with Gasteiger partial charge in [0.2, 0.25) is 0 Å². The monoisotopic (exact) mass is 266 g/mol. The smallest absolute Gasteiger partial charge is 0.123 e. The van der Waals surface area contributed by atoms with Gasteiger partial charge < -0.3 is 15.4 Å². The molecule has 0 aromatic heterocycles. The SMILES string of the molecule is NCCCN(CC1CCCCO1)c1ccc(F)cc1. The minimum absolute atomic E-state index is 0.198.